The second kappa shape index (κ2) is 8.86. The van der Waals surface area contributed by atoms with Gasteiger partial charge in [0, 0.05) is 37.7 Å². The number of nitrogens with zero attached hydrogens (tertiary/aromatic N) is 2. The standard InChI is InChI=1S/C24H35N3O2/c1-19-3-5-20(6-4-19)22(28)27-16-7-21(8-17-27)23(29)26-15-2-9-24(12-18-26)10-13-25-14-11-24/h3-6,21,25H,2,7-18H2,1H3. The maximum absolute atomic E-state index is 13.2. The minimum atomic E-state index is 0.0825. The highest BCUT2D eigenvalue weighted by Crippen LogP contribution is 2.39. The highest BCUT2D eigenvalue weighted by atomic mass is 16.2. The van der Waals surface area contributed by atoms with Crippen molar-refractivity contribution in [3.8, 4) is 0 Å². The van der Waals surface area contributed by atoms with Gasteiger partial charge >= 0.3 is 0 Å². The number of nitrogens with one attached hydrogen (secondary N) is 1. The van der Waals surface area contributed by atoms with Crippen molar-refractivity contribution in [3.05, 3.63) is 35.4 Å². The summed E-state index contributed by atoms with van der Waals surface area (Å²) >= 11 is 0. The topological polar surface area (TPSA) is 52.7 Å². The fourth-order valence-corrected chi connectivity index (χ4v) is 5.40. The molecule has 29 heavy (non-hydrogen) atoms. The van der Waals surface area contributed by atoms with Crippen molar-refractivity contribution in [3.63, 3.8) is 0 Å². The molecule has 0 saturated carbocycles. The van der Waals surface area contributed by atoms with Crippen LogP contribution in [0.1, 0.15) is 60.9 Å². The van der Waals surface area contributed by atoms with E-state index in [1.807, 2.05) is 36.1 Å². The predicted molar refractivity (Wildman–Crippen MR) is 115 cm³/mol. The third-order valence-electron chi connectivity index (χ3n) is 7.45. The second-order valence-corrected chi connectivity index (χ2v) is 9.36. The zero-order valence-electron chi connectivity index (χ0n) is 17.8. The Balaban J connectivity index is 1.29. The molecule has 3 heterocycles. The molecular formula is C24H35N3O2. The molecule has 0 atom stereocenters. The van der Waals surface area contributed by atoms with Crippen molar-refractivity contribution in [2.45, 2.75) is 51.9 Å². The smallest absolute Gasteiger partial charge is 0.253 e. The van der Waals surface area contributed by atoms with Crippen LogP contribution in [-0.2, 0) is 4.79 Å². The van der Waals surface area contributed by atoms with Crippen LogP contribution in [0.3, 0.4) is 0 Å². The summed E-state index contributed by atoms with van der Waals surface area (Å²) in [7, 11) is 0. The van der Waals surface area contributed by atoms with Gasteiger partial charge in [0.1, 0.15) is 0 Å². The lowest BCUT2D eigenvalue weighted by molar-refractivity contribution is -0.137. The highest BCUT2D eigenvalue weighted by molar-refractivity contribution is 5.94. The summed E-state index contributed by atoms with van der Waals surface area (Å²) in [4.78, 5) is 30.0. The third kappa shape index (κ3) is 4.66. The molecule has 0 aliphatic carbocycles. The van der Waals surface area contributed by atoms with Gasteiger partial charge in [0.25, 0.3) is 5.91 Å². The Morgan fingerprint density at radius 3 is 2.28 bits per heavy atom. The van der Waals surface area contributed by atoms with Gasteiger partial charge in [-0.25, -0.2) is 0 Å². The van der Waals surface area contributed by atoms with Crippen LogP contribution >= 0.6 is 0 Å². The number of hydrogen-bond acceptors (Lipinski definition) is 3. The second-order valence-electron chi connectivity index (χ2n) is 9.36. The monoisotopic (exact) mass is 397 g/mol. The number of amides is 2. The van der Waals surface area contributed by atoms with Crippen LogP contribution in [0.5, 0.6) is 0 Å². The molecular weight excluding hydrogens is 362 g/mol. The molecule has 3 fully saturated rings. The molecule has 0 bridgehead atoms. The van der Waals surface area contributed by atoms with Gasteiger partial charge < -0.3 is 15.1 Å². The first-order chi connectivity index (χ1) is 14.1. The number of rotatable bonds is 2. The number of likely N-dealkylation sites (tertiary alicyclic amines) is 2. The molecule has 3 aliphatic rings. The number of aryl methyl sites for hydroxylation is 1. The van der Waals surface area contributed by atoms with E-state index in [0.29, 0.717) is 24.4 Å². The molecule has 1 N–H and O–H groups in total. The average Bonchev–Trinajstić information content (AvgIpc) is 2.96. The van der Waals surface area contributed by atoms with Crippen molar-refractivity contribution in [2.24, 2.45) is 11.3 Å². The summed E-state index contributed by atoms with van der Waals surface area (Å²) in [6.07, 6.45) is 7.66. The molecule has 3 saturated heterocycles. The van der Waals surface area contributed by atoms with Gasteiger partial charge in [-0.05, 0) is 82.5 Å². The predicted octanol–water partition coefficient (Wildman–Crippen LogP) is 3.23. The number of hydrogen-bond donors (Lipinski definition) is 1. The fraction of sp³-hybridized carbons (Fsp3) is 0.667. The summed E-state index contributed by atoms with van der Waals surface area (Å²) in [5, 5.41) is 3.48. The molecule has 0 unspecified atom stereocenters. The first-order valence-corrected chi connectivity index (χ1v) is 11.4. The Hall–Kier alpha value is -1.88. The van der Waals surface area contributed by atoms with Gasteiger partial charge in [-0.2, -0.15) is 0 Å². The van der Waals surface area contributed by atoms with Crippen LogP contribution in [0.15, 0.2) is 24.3 Å². The minimum absolute atomic E-state index is 0.0825. The van der Waals surface area contributed by atoms with E-state index >= 15 is 0 Å². The number of benzene rings is 1. The quantitative estimate of drug-likeness (QED) is 0.834. The van der Waals surface area contributed by atoms with Crippen molar-refractivity contribution in [2.75, 3.05) is 39.3 Å². The Morgan fingerprint density at radius 1 is 0.897 bits per heavy atom. The summed E-state index contributed by atoms with van der Waals surface area (Å²) in [5.41, 5.74) is 2.37. The lowest BCUT2D eigenvalue weighted by Gasteiger charge is -2.37. The van der Waals surface area contributed by atoms with Crippen LogP contribution in [0.2, 0.25) is 0 Å². The molecule has 4 rings (SSSR count). The normalized spacial score (nSPS) is 23.1. The Bertz CT molecular complexity index is 716. The Labute approximate surface area is 174 Å². The van der Waals surface area contributed by atoms with Crippen molar-refractivity contribution in [1.82, 2.24) is 15.1 Å². The van der Waals surface area contributed by atoms with Crippen molar-refractivity contribution >= 4 is 11.8 Å². The van der Waals surface area contributed by atoms with Crippen LogP contribution in [0.25, 0.3) is 0 Å². The van der Waals surface area contributed by atoms with Gasteiger partial charge in [0.15, 0.2) is 0 Å². The van der Waals surface area contributed by atoms with Gasteiger partial charge in [0.2, 0.25) is 5.91 Å². The fourth-order valence-electron chi connectivity index (χ4n) is 5.40. The van der Waals surface area contributed by atoms with Gasteiger partial charge in [-0.3, -0.25) is 9.59 Å². The van der Waals surface area contributed by atoms with E-state index in [1.165, 1.54) is 19.3 Å². The third-order valence-corrected chi connectivity index (χ3v) is 7.45. The van der Waals surface area contributed by atoms with Gasteiger partial charge in [0.05, 0.1) is 0 Å². The van der Waals surface area contributed by atoms with Crippen molar-refractivity contribution in [1.29, 1.82) is 0 Å². The number of carbonyl (C=O) groups excluding carboxylic acids is 2. The van der Waals surface area contributed by atoms with E-state index in [-0.39, 0.29) is 11.8 Å². The molecule has 0 radical (unpaired) electrons. The van der Waals surface area contributed by atoms with E-state index in [1.54, 1.807) is 0 Å². The minimum Gasteiger partial charge on any atom is -0.342 e. The average molecular weight is 398 g/mol. The Kier molecular flexibility index (Phi) is 6.23. The first kappa shape index (κ1) is 20.4. The molecule has 158 valence electrons. The Morgan fingerprint density at radius 2 is 1.59 bits per heavy atom. The van der Waals surface area contributed by atoms with Crippen LogP contribution in [0.4, 0.5) is 0 Å². The van der Waals surface area contributed by atoms with E-state index in [0.717, 1.165) is 63.0 Å². The summed E-state index contributed by atoms with van der Waals surface area (Å²) in [6, 6.07) is 7.78. The molecule has 1 aromatic rings. The van der Waals surface area contributed by atoms with E-state index in [2.05, 4.69) is 10.2 Å². The largest absolute Gasteiger partial charge is 0.342 e. The molecule has 5 nitrogen and oxygen atoms in total. The van der Waals surface area contributed by atoms with E-state index in [4.69, 9.17) is 0 Å². The van der Waals surface area contributed by atoms with E-state index < -0.39 is 0 Å². The van der Waals surface area contributed by atoms with E-state index in [9.17, 15) is 9.59 Å². The summed E-state index contributed by atoms with van der Waals surface area (Å²) in [6.45, 7) is 7.49. The maximum Gasteiger partial charge on any atom is 0.253 e. The lowest BCUT2D eigenvalue weighted by atomic mass is 9.73. The molecule has 2 amide bonds. The molecule has 5 heteroatoms. The van der Waals surface area contributed by atoms with Crippen molar-refractivity contribution < 1.29 is 9.59 Å². The summed E-state index contributed by atoms with van der Waals surface area (Å²) in [5.74, 6) is 0.510. The molecule has 0 aromatic heterocycles. The van der Waals surface area contributed by atoms with Gasteiger partial charge in [-0.1, -0.05) is 17.7 Å². The molecule has 1 spiro atoms. The SMILES string of the molecule is Cc1ccc(C(=O)N2CCC(C(=O)N3CCCC4(CCNCC4)CC3)CC2)cc1. The summed E-state index contributed by atoms with van der Waals surface area (Å²) < 4.78 is 0. The highest BCUT2D eigenvalue weighted by Gasteiger charge is 2.36. The maximum atomic E-state index is 13.2. The first-order valence-electron chi connectivity index (χ1n) is 11.4. The lowest BCUT2D eigenvalue weighted by Crippen LogP contribution is -2.45. The zero-order valence-corrected chi connectivity index (χ0v) is 17.8. The number of carbonyl (C=O) groups is 2. The van der Waals surface area contributed by atoms with Gasteiger partial charge in [-0.15, -0.1) is 0 Å². The van der Waals surface area contributed by atoms with Crippen LogP contribution in [-0.4, -0.2) is 60.9 Å². The van der Waals surface area contributed by atoms with Crippen LogP contribution in [0, 0.1) is 18.3 Å². The molecule has 1 aromatic carbocycles. The zero-order chi connectivity index (χ0) is 20.3. The number of piperidine rings is 2. The van der Waals surface area contributed by atoms with Crippen LogP contribution < -0.4 is 5.32 Å². The molecule has 3 aliphatic heterocycles.